The van der Waals surface area contributed by atoms with Crippen molar-refractivity contribution in [2.24, 2.45) is 5.92 Å². The predicted molar refractivity (Wildman–Crippen MR) is 63.7 cm³/mol. The Hall–Kier alpha value is -0.840. The number of nitrogen functional groups attached to an aromatic ring is 1. The van der Waals surface area contributed by atoms with Crippen LogP contribution in [0.15, 0.2) is 10.7 Å². The Balaban J connectivity index is 2.37. The van der Waals surface area contributed by atoms with E-state index in [1.807, 2.05) is 0 Å². The molecule has 0 unspecified atom stereocenters. The summed E-state index contributed by atoms with van der Waals surface area (Å²) in [4.78, 5) is 8.02. The monoisotopic (exact) mass is 273 g/mol. The maximum absolute atomic E-state index is 5.55. The summed E-state index contributed by atoms with van der Waals surface area (Å²) < 4.78 is 6.03. The van der Waals surface area contributed by atoms with Gasteiger partial charge in [-0.3, -0.25) is 0 Å². The van der Waals surface area contributed by atoms with Crippen LogP contribution in [0.4, 0.5) is 5.82 Å². The molecule has 4 nitrogen and oxygen atoms in total. The van der Waals surface area contributed by atoms with Crippen molar-refractivity contribution in [1.29, 1.82) is 0 Å². The zero-order valence-corrected chi connectivity index (χ0v) is 10.6. The van der Waals surface area contributed by atoms with Crippen LogP contribution in [-0.4, -0.2) is 16.6 Å². The lowest BCUT2D eigenvalue weighted by Crippen LogP contribution is -2.04. The maximum Gasteiger partial charge on any atom is 0.319 e. The summed E-state index contributed by atoms with van der Waals surface area (Å²) in [6.45, 7) is 5.01. The third kappa shape index (κ3) is 4.97. The van der Waals surface area contributed by atoms with Gasteiger partial charge in [-0.1, -0.05) is 13.8 Å². The number of rotatable bonds is 5. The van der Waals surface area contributed by atoms with Gasteiger partial charge in [0.05, 0.1) is 6.61 Å². The molecule has 0 aromatic carbocycles. The molecule has 0 spiro atoms. The second-order valence-electron chi connectivity index (χ2n) is 3.78. The maximum atomic E-state index is 5.55. The average Bonchev–Trinajstić information content (AvgIpc) is 2.10. The topological polar surface area (TPSA) is 61.0 Å². The van der Waals surface area contributed by atoms with Gasteiger partial charge in [-0.15, -0.1) is 0 Å². The molecule has 0 saturated carbocycles. The summed E-state index contributed by atoms with van der Waals surface area (Å²) in [5, 5.41) is 0. The molecule has 5 heteroatoms. The second kappa shape index (κ2) is 5.90. The smallest absolute Gasteiger partial charge is 0.319 e. The fourth-order valence-electron chi connectivity index (χ4n) is 1.13. The number of nitrogens with two attached hydrogens (primary N) is 1. The molecule has 1 aromatic heterocycles. The molecule has 0 saturated heterocycles. The number of hydrogen-bond acceptors (Lipinski definition) is 4. The summed E-state index contributed by atoms with van der Waals surface area (Å²) in [5.41, 5.74) is 5.55. The molecule has 1 heterocycles. The van der Waals surface area contributed by atoms with Crippen molar-refractivity contribution in [3.63, 3.8) is 0 Å². The lowest BCUT2D eigenvalue weighted by atomic mass is 10.1. The molecule has 0 bridgehead atoms. The quantitative estimate of drug-likeness (QED) is 0.662. The summed E-state index contributed by atoms with van der Waals surface area (Å²) in [5.74, 6) is 1.11. The number of hydrogen-bond donors (Lipinski definition) is 1. The molecule has 0 atom stereocenters. The van der Waals surface area contributed by atoms with Crippen LogP contribution < -0.4 is 10.5 Å². The summed E-state index contributed by atoms with van der Waals surface area (Å²) in [6.07, 6.45) is 2.15. The first-order valence-corrected chi connectivity index (χ1v) is 5.80. The van der Waals surface area contributed by atoms with E-state index in [1.54, 1.807) is 6.07 Å². The molecular weight excluding hydrogens is 258 g/mol. The highest BCUT2D eigenvalue weighted by Gasteiger charge is 2.01. The average molecular weight is 274 g/mol. The first kappa shape index (κ1) is 12.2. The van der Waals surface area contributed by atoms with E-state index in [4.69, 9.17) is 10.5 Å². The molecule has 0 fully saturated rings. The van der Waals surface area contributed by atoms with Crippen LogP contribution in [0, 0.1) is 5.92 Å². The summed E-state index contributed by atoms with van der Waals surface area (Å²) >= 11 is 3.23. The largest absolute Gasteiger partial charge is 0.463 e. The zero-order chi connectivity index (χ0) is 11.3. The van der Waals surface area contributed by atoms with Crippen LogP contribution in [0.5, 0.6) is 6.01 Å². The van der Waals surface area contributed by atoms with Crippen molar-refractivity contribution in [1.82, 2.24) is 9.97 Å². The van der Waals surface area contributed by atoms with Gasteiger partial charge in [0.25, 0.3) is 0 Å². The summed E-state index contributed by atoms with van der Waals surface area (Å²) in [6, 6.07) is 1.98. The van der Waals surface area contributed by atoms with Crippen LogP contribution >= 0.6 is 15.9 Å². The molecular formula is C10H16BrN3O. The standard InChI is InChI=1S/C10H16BrN3O/c1-7(2)4-3-5-15-10-13-8(11)6-9(12)14-10/h6-7H,3-5H2,1-2H3,(H2,12,13,14). The number of aromatic nitrogens is 2. The molecule has 0 amide bonds. The minimum Gasteiger partial charge on any atom is -0.463 e. The highest BCUT2D eigenvalue weighted by atomic mass is 79.9. The van der Waals surface area contributed by atoms with E-state index in [0.717, 1.165) is 12.8 Å². The lowest BCUT2D eigenvalue weighted by Gasteiger charge is -2.06. The Kier molecular flexibility index (Phi) is 4.81. The molecule has 0 aliphatic heterocycles. The third-order valence-corrected chi connectivity index (χ3v) is 2.26. The van der Waals surface area contributed by atoms with E-state index >= 15 is 0 Å². The van der Waals surface area contributed by atoms with Gasteiger partial charge in [-0.2, -0.15) is 9.97 Å². The van der Waals surface area contributed by atoms with E-state index in [1.165, 1.54) is 0 Å². The van der Waals surface area contributed by atoms with Crippen LogP contribution in [0.3, 0.4) is 0 Å². The Morgan fingerprint density at radius 1 is 1.47 bits per heavy atom. The van der Waals surface area contributed by atoms with Crippen LogP contribution in [-0.2, 0) is 0 Å². The molecule has 0 radical (unpaired) electrons. The highest BCUT2D eigenvalue weighted by molar-refractivity contribution is 9.10. The third-order valence-electron chi connectivity index (χ3n) is 1.85. The predicted octanol–water partition coefficient (Wildman–Crippen LogP) is 2.64. The van der Waals surface area contributed by atoms with E-state index < -0.39 is 0 Å². The molecule has 15 heavy (non-hydrogen) atoms. The van der Waals surface area contributed by atoms with E-state index in [0.29, 0.717) is 29.0 Å². The van der Waals surface area contributed by atoms with Crippen molar-refractivity contribution in [3.8, 4) is 6.01 Å². The number of nitrogens with zero attached hydrogens (tertiary/aromatic N) is 2. The van der Waals surface area contributed by atoms with Crippen LogP contribution in [0.1, 0.15) is 26.7 Å². The molecule has 1 rings (SSSR count). The first-order valence-electron chi connectivity index (χ1n) is 5.01. The number of anilines is 1. The van der Waals surface area contributed by atoms with Crippen molar-refractivity contribution in [2.45, 2.75) is 26.7 Å². The van der Waals surface area contributed by atoms with Gasteiger partial charge in [0.2, 0.25) is 0 Å². The van der Waals surface area contributed by atoms with Gasteiger partial charge in [0.1, 0.15) is 10.4 Å². The fraction of sp³-hybridized carbons (Fsp3) is 0.600. The van der Waals surface area contributed by atoms with Gasteiger partial charge in [-0.25, -0.2) is 0 Å². The highest BCUT2D eigenvalue weighted by Crippen LogP contribution is 2.14. The van der Waals surface area contributed by atoms with Gasteiger partial charge in [0, 0.05) is 6.07 Å². The van der Waals surface area contributed by atoms with Gasteiger partial charge in [-0.05, 0) is 34.7 Å². The van der Waals surface area contributed by atoms with Gasteiger partial charge >= 0.3 is 6.01 Å². The number of ether oxygens (including phenoxy) is 1. The molecule has 1 aromatic rings. The lowest BCUT2D eigenvalue weighted by molar-refractivity contribution is 0.275. The molecule has 0 aliphatic rings. The van der Waals surface area contributed by atoms with Crippen molar-refractivity contribution in [3.05, 3.63) is 10.7 Å². The van der Waals surface area contributed by atoms with E-state index in [2.05, 4.69) is 39.7 Å². The van der Waals surface area contributed by atoms with Crippen molar-refractivity contribution < 1.29 is 4.74 Å². The Morgan fingerprint density at radius 2 is 2.20 bits per heavy atom. The minimum atomic E-state index is 0.339. The molecule has 0 aliphatic carbocycles. The molecule has 2 N–H and O–H groups in total. The Bertz CT molecular complexity index is 297. The molecule has 84 valence electrons. The zero-order valence-electron chi connectivity index (χ0n) is 9.03. The van der Waals surface area contributed by atoms with Crippen molar-refractivity contribution >= 4 is 21.7 Å². The number of halogens is 1. The SMILES string of the molecule is CC(C)CCCOc1nc(N)cc(Br)n1. The second-order valence-corrected chi connectivity index (χ2v) is 4.60. The fourth-order valence-corrected chi connectivity index (χ4v) is 1.52. The van der Waals surface area contributed by atoms with Crippen LogP contribution in [0.2, 0.25) is 0 Å². The Labute approximate surface area is 98.4 Å². The normalized spacial score (nSPS) is 10.7. The summed E-state index contributed by atoms with van der Waals surface area (Å²) in [7, 11) is 0. The van der Waals surface area contributed by atoms with Crippen LogP contribution in [0.25, 0.3) is 0 Å². The first-order chi connectivity index (χ1) is 7.08. The van der Waals surface area contributed by atoms with Gasteiger partial charge in [0.15, 0.2) is 0 Å². The van der Waals surface area contributed by atoms with E-state index in [9.17, 15) is 0 Å². The van der Waals surface area contributed by atoms with Gasteiger partial charge < -0.3 is 10.5 Å². The Morgan fingerprint density at radius 3 is 2.80 bits per heavy atom. The minimum absolute atomic E-state index is 0.339. The van der Waals surface area contributed by atoms with E-state index in [-0.39, 0.29) is 0 Å². The van der Waals surface area contributed by atoms with Crippen molar-refractivity contribution in [2.75, 3.05) is 12.3 Å².